The van der Waals surface area contributed by atoms with Crippen molar-refractivity contribution in [2.45, 2.75) is 6.92 Å². The van der Waals surface area contributed by atoms with Crippen molar-refractivity contribution in [2.75, 3.05) is 0 Å². The molecule has 0 radical (unpaired) electrons. The average Bonchev–Trinajstić information content (AvgIpc) is 3.03. The maximum absolute atomic E-state index is 12.2. The molecule has 1 aromatic heterocycles. The first kappa shape index (κ1) is 15.8. The van der Waals surface area contributed by atoms with Crippen LogP contribution >= 0.6 is 0 Å². The topological polar surface area (TPSA) is 87.4 Å². The molecule has 3 aromatic rings. The number of benzene rings is 2. The van der Waals surface area contributed by atoms with Gasteiger partial charge in [0.1, 0.15) is 5.56 Å². The first-order chi connectivity index (χ1) is 12.5. The number of aromatic hydroxyl groups is 1. The van der Waals surface area contributed by atoms with Gasteiger partial charge in [-0.05, 0) is 37.3 Å². The lowest BCUT2D eigenvalue weighted by Crippen LogP contribution is -2.30. The summed E-state index contributed by atoms with van der Waals surface area (Å²) in [6.45, 7) is 1.92. The fraction of sp³-hybridized carbons (Fsp3) is 0.0500. The minimum atomic E-state index is -0.700. The predicted octanol–water partition coefficient (Wildman–Crippen LogP) is 0.995. The number of aryl methyl sites for hydroxylation is 1. The molecule has 0 aliphatic carbocycles. The van der Waals surface area contributed by atoms with E-state index in [1.165, 1.54) is 6.08 Å². The summed E-state index contributed by atoms with van der Waals surface area (Å²) in [7, 11) is 0. The molecular weight excluding hydrogens is 330 g/mol. The second-order valence-corrected chi connectivity index (χ2v) is 6.05. The number of fused-ring (bicyclic) bond motifs is 1. The first-order valence-electron chi connectivity index (χ1n) is 8.05. The number of aromatic amines is 1. The van der Waals surface area contributed by atoms with Gasteiger partial charge in [0.2, 0.25) is 5.88 Å². The molecule has 0 bridgehead atoms. The lowest BCUT2D eigenvalue weighted by molar-refractivity contribution is 0.429. The molecule has 2 heterocycles. The van der Waals surface area contributed by atoms with Crippen molar-refractivity contribution in [2.24, 2.45) is 4.99 Å². The lowest BCUT2D eigenvalue weighted by Gasteiger charge is -2.10. The molecule has 2 N–H and O–H groups in total. The van der Waals surface area contributed by atoms with E-state index in [9.17, 15) is 14.7 Å². The Bertz CT molecular complexity index is 1240. The largest absolute Gasteiger partial charge is 0.494 e. The molecule has 4 rings (SSSR count). The van der Waals surface area contributed by atoms with Gasteiger partial charge in [-0.25, -0.2) is 14.4 Å². The van der Waals surface area contributed by atoms with Crippen LogP contribution in [0.2, 0.25) is 0 Å². The normalized spacial score (nSPS) is 14.0. The number of nitrogens with one attached hydrogen (secondary N) is 1. The summed E-state index contributed by atoms with van der Waals surface area (Å²) in [6.07, 6.45) is 3.29. The van der Waals surface area contributed by atoms with E-state index in [4.69, 9.17) is 0 Å². The van der Waals surface area contributed by atoms with Gasteiger partial charge in [0.15, 0.2) is 0 Å². The van der Waals surface area contributed by atoms with Gasteiger partial charge >= 0.3 is 5.69 Å². The molecule has 1 aliphatic heterocycles. The third-order valence-electron chi connectivity index (χ3n) is 4.19. The number of nitrogens with zero attached hydrogens (tertiary/aromatic N) is 2. The fourth-order valence-corrected chi connectivity index (χ4v) is 2.87. The third kappa shape index (κ3) is 2.67. The van der Waals surface area contributed by atoms with E-state index in [1.807, 2.05) is 49.4 Å². The minimum absolute atomic E-state index is 0.0204. The molecule has 0 fully saturated rings. The molecule has 0 amide bonds. The van der Waals surface area contributed by atoms with Gasteiger partial charge in [0.25, 0.3) is 5.56 Å². The Morgan fingerprint density at radius 3 is 2.54 bits per heavy atom. The summed E-state index contributed by atoms with van der Waals surface area (Å²) >= 11 is 0. The van der Waals surface area contributed by atoms with Crippen LogP contribution in [-0.2, 0) is 0 Å². The van der Waals surface area contributed by atoms with E-state index in [2.05, 4.69) is 9.98 Å². The Morgan fingerprint density at radius 1 is 1.08 bits per heavy atom. The van der Waals surface area contributed by atoms with Crippen LogP contribution in [0.5, 0.6) is 5.88 Å². The Labute approximate surface area is 147 Å². The third-order valence-corrected chi connectivity index (χ3v) is 4.19. The molecular formula is C20H15N3O3. The Kier molecular flexibility index (Phi) is 3.65. The predicted molar refractivity (Wildman–Crippen MR) is 98.7 cm³/mol. The number of allylic oxidation sites excluding steroid dienone is 1. The number of H-pyrrole nitrogens is 1. The fourth-order valence-electron chi connectivity index (χ4n) is 2.87. The van der Waals surface area contributed by atoms with Crippen molar-refractivity contribution in [3.63, 3.8) is 0 Å². The zero-order valence-corrected chi connectivity index (χ0v) is 13.9. The summed E-state index contributed by atoms with van der Waals surface area (Å²) in [5.74, 6) is -0.422. The first-order valence-corrected chi connectivity index (χ1v) is 8.05. The van der Waals surface area contributed by atoms with Crippen LogP contribution in [0, 0.1) is 6.92 Å². The van der Waals surface area contributed by atoms with Crippen LogP contribution in [-0.4, -0.2) is 14.7 Å². The number of para-hydroxylation sites is 1. The van der Waals surface area contributed by atoms with Gasteiger partial charge < -0.3 is 5.11 Å². The van der Waals surface area contributed by atoms with Crippen molar-refractivity contribution >= 4 is 12.2 Å². The Morgan fingerprint density at radius 2 is 1.81 bits per heavy atom. The molecule has 0 saturated heterocycles. The lowest BCUT2D eigenvalue weighted by atomic mass is 10.2. The monoisotopic (exact) mass is 345 g/mol. The molecule has 6 nitrogen and oxygen atoms in total. The maximum atomic E-state index is 12.2. The van der Waals surface area contributed by atoms with Crippen molar-refractivity contribution in [3.8, 4) is 11.6 Å². The highest BCUT2D eigenvalue weighted by atomic mass is 16.3. The van der Waals surface area contributed by atoms with Gasteiger partial charge in [-0.1, -0.05) is 35.9 Å². The number of rotatable bonds is 2. The van der Waals surface area contributed by atoms with E-state index in [0.29, 0.717) is 11.4 Å². The highest BCUT2D eigenvalue weighted by Crippen LogP contribution is 2.19. The number of aromatic nitrogens is 2. The van der Waals surface area contributed by atoms with Crippen LogP contribution < -0.4 is 21.8 Å². The van der Waals surface area contributed by atoms with Crippen molar-refractivity contribution < 1.29 is 5.11 Å². The van der Waals surface area contributed by atoms with Crippen LogP contribution in [0.4, 0.5) is 0 Å². The van der Waals surface area contributed by atoms with Crippen molar-refractivity contribution in [1.82, 2.24) is 9.55 Å². The molecule has 0 spiro atoms. The molecule has 26 heavy (non-hydrogen) atoms. The van der Waals surface area contributed by atoms with Crippen molar-refractivity contribution in [1.29, 1.82) is 0 Å². The van der Waals surface area contributed by atoms with E-state index < -0.39 is 17.1 Å². The standard InChI is InChI=1S/C20H15N3O3/c1-12-6-8-15(9-7-12)23-19(25)16(18(24)22-20(23)26)11-14-10-13-4-2-3-5-17(13)21-14/h2-11,25H,1H3,(H,22,24,26). The molecule has 6 heteroatoms. The highest BCUT2D eigenvalue weighted by Gasteiger charge is 2.15. The van der Waals surface area contributed by atoms with Gasteiger partial charge in [0, 0.05) is 5.22 Å². The number of hydrogen-bond donors (Lipinski definition) is 2. The van der Waals surface area contributed by atoms with E-state index in [-0.39, 0.29) is 5.56 Å². The van der Waals surface area contributed by atoms with Crippen LogP contribution in [0.1, 0.15) is 11.1 Å². The second-order valence-electron chi connectivity index (χ2n) is 6.05. The van der Waals surface area contributed by atoms with E-state index in [0.717, 1.165) is 20.7 Å². The summed E-state index contributed by atoms with van der Waals surface area (Å²) in [4.78, 5) is 31.1. The van der Waals surface area contributed by atoms with Gasteiger partial charge in [-0.15, -0.1) is 0 Å². The quantitative estimate of drug-likeness (QED) is 0.726. The smallest absolute Gasteiger partial charge is 0.335 e. The van der Waals surface area contributed by atoms with Gasteiger partial charge in [0.05, 0.1) is 16.7 Å². The summed E-state index contributed by atoms with van der Waals surface area (Å²) in [5.41, 5.74) is 0.626. The highest BCUT2D eigenvalue weighted by molar-refractivity contribution is 5.67. The zero-order valence-electron chi connectivity index (χ0n) is 13.9. The van der Waals surface area contributed by atoms with Crippen molar-refractivity contribution in [3.05, 3.63) is 96.8 Å². The molecule has 128 valence electrons. The summed E-state index contributed by atoms with van der Waals surface area (Å²) in [6, 6.07) is 14.6. The molecule has 0 saturated carbocycles. The molecule has 2 aromatic carbocycles. The van der Waals surface area contributed by atoms with Crippen LogP contribution in [0.25, 0.3) is 17.8 Å². The minimum Gasteiger partial charge on any atom is -0.494 e. The second kappa shape index (κ2) is 6.00. The summed E-state index contributed by atoms with van der Waals surface area (Å²) in [5, 5.41) is 12.3. The van der Waals surface area contributed by atoms with Crippen LogP contribution in [0.3, 0.4) is 0 Å². The molecule has 0 unspecified atom stereocenters. The van der Waals surface area contributed by atoms with Crippen LogP contribution in [0.15, 0.2) is 68.8 Å². The summed E-state index contributed by atoms with van der Waals surface area (Å²) < 4.78 is 1.06. The molecule has 1 aliphatic rings. The average molecular weight is 345 g/mol. The van der Waals surface area contributed by atoms with E-state index >= 15 is 0 Å². The Balaban J connectivity index is 1.91. The Hall–Kier alpha value is -3.67. The zero-order chi connectivity index (χ0) is 18.3. The molecule has 0 atom stereocenters. The van der Waals surface area contributed by atoms with E-state index in [1.54, 1.807) is 12.1 Å². The van der Waals surface area contributed by atoms with Gasteiger partial charge in [-0.3, -0.25) is 9.78 Å². The SMILES string of the molecule is Cc1ccc(-n2c(O)c(C=C3C=c4ccccc4=N3)c(=O)[nH]c2=O)cc1. The van der Waals surface area contributed by atoms with Gasteiger partial charge in [-0.2, -0.15) is 0 Å². The maximum Gasteiger partial charge on any atom is 0.335 e. The number of hydrogen-bond acceptors (Lipinski definition) is 4.